The molecular formula is C10H14N4O6. The third-order valence-electron chi connectivity index (χ3n) is 2.41. The summed E-state index contributed by atoms with van der Waals surface area (Å²) >= 11 is 0. The second-order valence-corrected chi connectivity index (χ2v) is 4.15. The van der Waals surface area contributed by atoms with Crippen molar-refractivity contribution in [2.45, 2.75) is 12.8 Å². The lowest BCUT2D eigenvalue weighted by Crippen LogP contribution is -2.48. The number of nitrogens with zero attached hydrogens (tertiary/aromatic N) is 3. The average Bonchev–Trinajstić information content (AvgIpc) is 2.69. The molecule has 20 heavy (non-hydrogen) atoms. The van der Waals surface area contributed by atoms with E-state index in [2.05, 4.69) is 10.1 Å². The van der Waals surface area contributed by atoms with Gasteiger partial charge in [-0.1, -0.05) is 5.16 Å². The minimum Gasteiger partial charge on any atom is -0.473 e. The number of rotatable bonds is 3. The lowest BCUT2D eigenvalue weighted by atomic mass is 10.0. The highest BCUT2D eigenvalue weighted by Gasteiger charge is 2.32. The summed E-state index contributed by atoms with van der Waals surface area (Å²) in [6.45, 7) is 3.63. The normalized spacial score (nSPS) is 14.8. The largest absolute Gasteiger partial charge is 0.473 e. The molecule has 4 N–H and O–H groups in total. The Balaban J connectivity index is 0.000000286. The molecule has 0 aromatic carbocycles. The Kier molecular flexibility index (Phi) is 5.15. The standard InChI is InChI=1S/C8H12N4O2.C2H2O4/c1-5-10-8(14-11-5)6-2-12(3-6)4-7(9)13;3-1(4)2(5)6/h6H,2-4H2,1H3,(H2,9,13);(H,3,4)(H,5,6). The number of carbonyl (C=O) groups excluding carboxylic acids is 1. The molecule has 1 aromatic rings. The van der Waals surface area contributed by atoms with Crippen LogP contribution in [-0.4, -0.2) is 62.7 Å². The number of amides is 1. The molecule has 0 saturated carbocycles. The third kappa shape index (κ3) is 4.65. The van der Waals surface area contributed by atoms with Crippen LogP contribution in [0, 0.1) is 6.92 Å². The van der Waals surface area contributed by atoms with Gasteiger partial charge in [0.05, 0.1) is 12.5 Å². The molecule has 1 fully saturated rings. The van der Waals surface area contributed by atoms with Crippen LogP contribution >= 0.6 is 0 Å². The van der Waals surface area contributed by atoms with Crippen molar-refractivity contribution in [3.63, 3.8) is 0 Å². The van der Waals surface area contributed by atoms with Crippen molar-refractivity contribution in [2.75, 3.05) is 19.6 Å². The number of aryl methyl sites for hydroxylation is 1. The summed E-state index contributed by atoms with van der Waals surface area (Å²) in [5, 5.41) is 18.5. The molecule has 2 rings (SSSR count). The van der Waals surface area contributed by atoms with Gasteiger partial charge in [0.25, 0.3) is 0 Å². The number of likely N-dealkylation sites (tertiary alicyclic amines) is 1. The zero-order valence-electron chi connectivity index (χ0n) is 10.6. The second kappa shape index (κ2) is 6.61. The summed E-state index contributed by atoms with van der Waals surface area (Å²) in [4.78, 5) is 34.9. The first-order valence-corrected chi connectivity index (χ1v) is 5.56. The molecule has 0 unspecified atom stereocenters. The van der Waals surface area contributed by atoms with E-state index in [1.165, 1.54) is 0 Å². The molecule has 1 aliphatic heterocycles. The fraction of sp³-hybridized carbons (Fsp3) is 0.500. The molecular weight excluding hydrogens is 272 g/mol. The number of nitrogens with two attached hydrogens (primary N) is 1. The monoisotopic (exact) mass is 286 g/mol. The van der Waals surface area contributed by atoms with E-state index in [1.807, 2.05) is 4.90 Å². The van der Waals surface area contributed by atoms with E-state index in [1.54, 1.807) is 6.92 Å². The number of carboxylic acid groups (broad SMARTS) is 2. The molecule has 10 heteroatoms. The molecule has 0 radical (unpaired) electrons. The van der Waals surface area contributed by atoms with Gasteiger partial charge in [0.2, 0.25) is 11.8 Å². The van der Waals surface area contributed by atoms with Crippen molar-refractivity contribution >= 4 is 17.8 Å². The summed E-state index contributed by atoms with van der Waals surface area (Å²) in [6, 6.07) is 0. The van der Waals surface area contributed by atoms with Crippen LogP contribution in [0.1, 0.15) is 17.6 Å². The first-order chi connectivity index (χ1) is 9.29. The maximum absolute atomic E-state index is 10.6. The summed E-state index contributed by atoms with van der Waals surface area (Å²) in [5.74, 6) is -2.39. The maximum Gasteiger partial charge on any atom is 0.414 e. The minimum atomic E-state index is -1.82. The Morgan fingerprint density at radius 1 is 1.35 bits per heavy atom. The number of carboxylic acids is 2. The van der Waals surface area contributed by atoms with Gasteiger partial charge in [-0.2, -0.15) is 4.98 Å². The minimum absolute atomic E-state index is 0.260. The molecule has 0 atom stereocenters. The summed E-state index contributed by atoms with van der Waals surface area (Å²) in [7, 11) is 0. The predicted molar refractivity (Wildman–Crippen MR) is 62.7 cm³/mol. The number of aliphatic carboxylic acids is 2. The van der Waals surface area contributed by atoms with Crippen LogP contribution in [-0.2, 0) is 14.4 Å². The number of hydrogen-bond acceptors (Lipinski definition) is 7. The number of primary amides is 1. The van der Waals surface area contributed by atoms with Gasteiger partial charge in [0.15, 0.2) is 5.82 Å². The van der Waals surface area contributed by atoms with E-state index < -0.39 is 11.9 Å². The van der Waals surface area contributed by atoms with E-state index in [0.717, 1.165) is 13.1 Å². The number of aromatic nitrogens is 2. The Bertz CT molecular complexity index is 496. The molecule has 1 aromatic heterocycles. The van der Waals surface area contributed by atoms with E-state index in [9.17, 15) is 4.79 Å². The second-order valence-electron chi connectivity index (χ2n) is 4.15. The van der Waals surface area contributed by atoms with Gasteiger partial charge < -0.3 is 20.5 Å². The Hall–Kier alpha value is -2.49. The van der Waals surface area contributed by atoms with Crippen LogP contribution < -0.4 is 5.73 Å². The first kappa shape index (κ1) is 15.6. The van der Waals surface area contributed by atoms with E-state index >= 15 is 0 Å². The first-order valence-electron chi connectivity index (χ1n) is 5.56. The smallest absolute Gasteiger partial charge is 0.414 e. The van der Waals surface area contributed by atoms with Crippen LogP contribution in [0.25, 0.3) is 0 Å². The fourth-order valence-electron chi connectivity index (χ4n) is 1.55. The Labute approximate surface area is 113 Å². The van der Waals surface area contributed by atoms with E-state index in [-0.39, 0.29) is 11.8 Å². The van der Waals surface area contributed by atoms with Crippen molar-refractivity contribution in [3.05, 3.63) is 11.7 Å². The predicted octanol–water partition coefficient (Wildman–Crippen LogP) is -1.58. The number of carbonyl (C=O) groups is 3. The maximum atomic E-state index is 10.6. The summed E-state index contributed by atoms with van der Waals surface area (Å²) in [5.41, 5.74) is 5.06. The highest BCUT2D eigenvalue weighted by molar-refractivity contribution is 6.27. The van der Waals surface area contributed by atoms with Gasteiger partial charge in [-0.05, 0) is 6.92 Å². The van der Waals surface area contributed by atoms with Crippen LogP contribution in [0.15, 0.2) is 4.52 Å². The molecule has 1 saturated heterocycles. The zero-order valence-corrected chi connectivity index (χ0v) is 10.6. The molecule has 0 aliphatic carbocycles. The topological polar surface area (TPSA) is 160 Å². The fourth-order valence-corrected chi connectivity index (χ4v) is 1.55. The Morgan fingerprint density at radius 3 is 2.25 bits per heavy atom. The molecule has 1 amide bonds. The van der Waals surface area contributed by atoms with Crippen LogP contribution in [0.2, 0.25) is 0 Å². The van der Waals surface area contributed by atoms with Crippen LogP contribution in [0.4, 0.5) is 0 Å². The zero-order chi connectivity index (χ0) is 15.3. The molecule has 0 spiro atoms. The van der Waals surface area contributed by atoms with Crippen molar-refractivity contribution in [1.29, 1.82) is 0 Å². The van der Waals surface area contributed by atoms with E-state index in [4.69, 9.17) is 30.1 Å². The summed E-state index contributed by atoms with van der Waals surface area (Å²) in [6.07, 6.45) is 0. The van der Waals surface area contributed by atoms with Crippen molar-refractivity contribution in [1.82, 2.24) is 15.0 Å². The molecule has 110 valence electrons. The molecule has 1 aliphatic rings. The molecule has 0 bridgehead atoms. The van der Waals surface area contributed by atoms with Crippen molar-refractivity contribution in [3.8, 4) is 0 Å². The van der Waals surface area contributed by atoms with E-state index in [0.29, 0.717) is 18.3 Å². The lowest BCUT2D eigenvalue weighted by Gasteiger charge is -2.35. The van der Waals surface area contributed by atoms with Gasteiger partial charge in [-0.25, -0.2) is 9.59 Å². The SMILES string of the molecule is Cc1noc(C2CN(CC(N)=O)C2)n1.O=C(O)C(=O)O. The highest BCUT2D eigenvalue weighted by Crippen LogP contribution is 2.24. The van der Waals surface area contributed by atoms with Crippen molar-refractivity contribution < 1.29 is 29.1 Å². The van der Waals surface area contributed by atoms with Crippen LogP contribution in [0.3, 0.4) is 0 Å². The summed E-state index contributed by atoms with van der Waals surface area (Å²) < 4.78 is 5.02. The lowest BCUT2D eigenvalue weighted by molar-refractivity contribution is -0.159. The third-order valence-corrected chi connectivity index (χ3v) is 2.41. The van der Waals surface area contributed by atoms with Gasteiger partial charge in [-0.15, -0.1) is 0 Å². The Morgan fingerprint density at radius 2 is 1.90 bits per heavy atom. The van der Waals surface area contributed by atoms with Crippen molar-refractivity contribution in [2.24, 2.45) is 5.73 Å². The van der Waals surface area contributed by atoms with Gasteiger partial charge in [0, 0.05) is 13.1 Å². The molecule has 2 heterocycles. The molecule has 10 nitrogen and oxygen atoms in total. The highest BCUT2D eigenvalue weighted by atomic mass is 16.5. The quantitative estimate of drug-likeness (QED) is 0.557. The van der Waals surface area contributed by atoms with Gasteiger partial charge in [0.1, 0.15) is 0 Å². The average molecular weight is 286 g/mol. The van der Waals surface area contributed by atoms with Gasteiger partial charge >= 0.3 is 11.9 Å². The van der Waals surface area contributed by atoms with Gasteiger partial charge in [-0.3, -0.25) is 9.69 Å². The van der Waals surface area contributed by atoms with Crippen LogP contribution in [0.5, 0.6) is 0 Å². The number of hydrogen-bond donors (Lipinski definition) is 3.